The molecule has 0 radical (unpaired) electrons. The van der Waals surface area contributed by atoms with E-state index >= 15 is 0 Å². The first-order valence-electron chi connectivity index (χ1n) is 11.7. The summed E-state index contributed by atoms with van der Waals surface area (Å²) >= 11 is 0. The average molecular weight is 583 g/mol. The Morgan fingerprint density at radius 2 is 1.73 bits per heavy atom. The van der Waals surface area contributed by atoms with Crippen molar-refractivity contribution < 1.29 is 33.8 Å². The Labute approximate surface area is 225 Å². The van der Waals surface area contributed by atoms with Crippen LogP contribution in [0.25, 0.3) is 0 Å². The summed E-state index contributed by atoms with van der Waals surface area (Å²) in [7, 11) is -8.63. The zero-order chi connectivity index (χ0) is 29.2. The van der Waals surface area contributed by atoms with E-state index in [1.165, 1.54) is 50.1 Å². The summed E-state index contributed by atoms with van der Waals surface area (Å²) in [5.41, 5.74) is 0.132. The molecular weight excluding hydrogens is 559 g/mol. The number of benzene rings is 1. The van der Waals surface area contributed by atoms with E-state index in [4.69, 9.17) is 4.74 Å². The van der Waals surface area contributed by atoms with E-state index in [0.29, 0.717) is 12.1 Å². The Morgan fingerprint density at radius 1 is 1.07 bits per heavy atom. The lowest BCUT2D eigenvalue weighted by Crippen LogP contribution is -2.49. The number of carbonyl (C=O) groups is 2. The maximum absolute atomic E-state index is 14.1. The lowest BCUT2D eigenvalue weighted by molar-refractivity contribution is -0.126. The molecule has 212 valence electrons. The maximum Gasteiger partial charge on any atom is 0.310 e. The number of rotatable bonds is 8. The standard InChI is InChI=1S/C25H23F5N6O3S/c1-39-20-12-22(35(15-20)16-31)25(38)36(19-6-8-21(9-7-19)40(26,27,28,29)30)23(17-4-2-10-32-13-17)24(37)34-18-5-3-11-33-14-18/h2-11,13-14,20,22-23H,12,15H2,1H3,(H,34,37). The fourth-order valence-corrected chi connectivity index (χ4v) is 4.99. The molecule has 2 amide bonds. The van der Waals surface area contributed by atoms with Gasteiger partial charge in [-0.15, -0.1) is 0 Å². The van der Waals surface area contributed by atoms with E-state index in [1.807, 2.05) is 6.19 Å². The van der Waals surface area contributed by atoms with Crippen molar-refractivity contribution in [2.45, 2.75) is 29.5 Å². The number of hydrogen-bond donors (Lipinski definition) is 1. The normalized spacial score (nSPS) is 19.6. The largest absolute Gasteiger partial charge is 0.379 e. The minimum absolute atomic E-state index is 0.0346. The molecule has 40 heavy (non-hydrogen) atoms. The fraction of sp³-hybridized carbons (Fsp3) is 0.240. The lowest BCUT2D eigenvalue weighted by Gasteiger charge is -2.41. The number of nitrogens with one attached hydrogen (secondary N) is 1. The second kappa shape index (κ2) is 10.0. The van der Waals surface area contributed by atoms with Crippen molar-refractivity contribution in [3.8, 4) is 6.19 Å². The minimum atomic E-state index is -10.0. The number of carbonyl (C=O) groups excluding carboxylic acids is 2. The molecule has 0 aliphatic carbocycles. The molecule has 1 aliphatic heterocycles. The van der Waals surface area contributed by atoms with E-state index < -0.39 is 45.1 Å². The summed E-state index contributed by atoms with van der Waals surface area (Å²) in [4.78, 5) is 35.5. The van der Waals surface area contributed by atoms with Crippen LogP contribution in [0.5, 0.6) is 0 Å². The van der Waals surface area contributed by atoms with Crippen LogP contribution in [0.3, 0.4) is 0 Å². The lowest BCUT2D eigenvalue weighted by atomic mass is 10.0. The van der Waals surface area contributed by atoms with E-state index in [9.17, 15) is 34.3 Å². The zero-order valence-corrected chi connectivity index (χ0v) is 21.6. The van der Waals surface area contributed by atoms with Gasteiger partial charge in [0.25, 0.3) is 11.8 Å². The molecule has 3 heterocycles. The van der Waals surface area contributed by atoms with E-state index in [1.54, 1.807) is 6.07 Å². The first-order chi connectivity index (χ1) is 18.7. The van der Waals surface area contributed by atoms with Crippen molar-refractivity contribution in [3.63, 3.8) is 0 Å². The third kappa shape index (κ3) is 6.29. The van der Waals surface area contributed by atoms with E-state index in [2.05, 4.69) is 15.3 Å². The number of amides is 2. The number of halogens is 5. The van der Waals surface area contributed by atoms with E-state index in [-0.39, 0.29) is 42.0 Å². The van der Waals surface area contributed by atoms with Gasteiger partial charge in [-0.05, 0) is 42.5 Å². The van der Waals surface area contributed by atoms with Gasteiger partial charge in [-0.25, -0.2) is 0 Å². The van der Waals surface area contributed by atoms with Gasteiger partial charge in [0.15, 0.2) is 6.19 Å². The fourth-order valence-electron chi connectivity index (χ4n) is 4.34. The summed E-state index contributed by atoms with van der Waals surface area (Å²) in [5.74, 6) is -1.63. The summed E-state index contributed by atoms with van der Waals surface area (Å²) in [6, 6.07) is 5.02. The number of methoxy groups -OCH3 is 1. The molecule has 15 heteroatoms. The second-order valence-electron chi connectivity index (χ2n) is 8.95. The molecule has 3 atom stereocenters. The number of pyridine rings is 2. The summed E-state index contributed by atoms with van der Waals surface area (Å²) in [5, 5.41) is 12.3. The highest BCUT2D eigenvalue weighted by Gasteiger charge is 2.65. The Balaban J connectivity index is 1.86. The highest BCUT2D eigenvalue weighted by Crippen LogP contribution is 3.02. The average Bonchev–Trinajstić information content (AvgIpc) is 3.35. The molecule has 0 spiro atoms. The first kappa shape index (κ1) is 28.7. The number of nitriles is 1. The maximum atomic E-state index is 14.1. The van der Waals surface area contributed by atoms with Gasteiger partial charge < -0.3 is 10.1 Å². The summed E-state index contributed by atoms with van der Waals surface area (Å²) < 4.78 is 72.5. The van der Waals surface area contributed by atoms with Crippen molar-refractivity contribution in [1.29, 1.82) is 5.26 Å². The molecule has 1 aromatic carbocycles. The predicted molar refractivity (Wildman–Crippen MR) is 137 cm³/mol. The Bertz CT molecular complexity index is 1420. The first-order valence-corrected chi connectivity index (χ1v) is 13.6. The van der Waals surface area contributed by atoms with Gasteiger partial charge >= 0.3 is 10.2 Å². The molecule has 1 N–H and O–H groups in total. The molecule has 0 bridgehead atoms. The van der Waals surface area contributed by atoms with Crippen LogP contribution in [-0.4, -0.2) is 52.5 Å². The summed E-state index contributed by atoms with van der Waals surface area (Å²) in [6.07, 6.45) is 6.90. The highest BCUT2D eigenvalue weighted by atomic mass is 32.5. The predicted octanol–water partition coefficient (Wildman–Crippen LogP) is 5.42. The molecule has 4 rings (SSSR count). The minimum Gasteiger partial charge on any atom is -0.379 e. The van der Waals surface area contributed by atoms with Crippen LogP contribution < -0.4 is 10.2 Å². The number of anilines is 2. The van der Waals surface area contributed by atoms with Gasteiger partial charge in [0.1, 0.15) is 17.0 Å². The van der Waals surface area contributed by atoms with Crippen molar-refractivity contribution >= 4 is 33.4 Å². The Hall–Kier alpha value is -4.29. The van der Waals surface area contributed by atoms with Crippen molar-refractivity contribution in [3.05, 3.63) is 78.9 Å². The highest BCUT2D eigenvalue weighted by molar-refractivity contribution is 8.45. The van der Waals surface area contributed by atoms with Crippen molar-refractivity contribution in [2.75, 3.05) is 23.9 Å². The van der Waals surface area contributed by atoms with Gasteiger partial charge in [-0.1, -0.05) is 25.5 Å². The second-order valence-corrected chi connectivity index (χ2v) is 11.4. The van der Waals surface area contributed by atoms with Gasteiger partial charge in [0.05, 0.1) is 24.5 Å². The van der Waals surface area contributed by atoms with E-state index in [0.717, 1.165) is 9.80 Å². The molecule has 2 aromatic heterocycles. The molecule has 1 fully saturated rings. The van der Waals surface area contributed by atoms with Crippen LogP contribution in [0, 0.1) is 11.5 Å². The van der Waals surface area contributed by atoms with Gasteiger partial charge in [0.2, 0.25) is 0 Å². The molecule has 3 aromatic rings. The topological polar surface area (TPSA) is 111 Å². The molecular formula is C25H23F5N6O3S. The smallest absolute Gasteiger partial charge is 0.310 e. The van der Waals surface area contributed by atoms with Crippen LogP contribution in [0.15, 0.2) is 78.2 Å². The van der Waals surface area contributed by atoms with Crippen LogP contribution in [-0.2, 0) is 14.3 Å². The SMILES string of the molecule is COC1CC(C(=O)N(c2ccc(S(F)(F)(F)(F)F)cc2)C(C(=O)Nc2cccnc2)c2cccnc2)N(C#N)C1. The van der Waals surface area contributed by atoms with Crippen LogP contribution >= 0.6 is 10.2 Å². The third-order valence-corrected chi connectivity index (χ3v) is 7.41. The molecule has 1 saturated heterocycles. The molecule has 9 nitrogen and oxygen atoms in total. The summed E-state index contributed by atoms with van der Waals surface area (Å²) in [6.45, 7) is 0.0554. The quantitative estimate of drug-likeness (QED) is 0.279. The monoisotopic (exact) mass is 582 g/mol. The molecule has 1 aliphatic rings. The third-order valence-electron chi connectivity index (χ3n) is 6.24. The number of ether oxygens (including phenoxy) is 1. The molecule has 0 saturated carbocycles. The zero-order valence-electron chi connectivity index (χ0n) is 20.8. The van der Waals surface area contributed by atoms with Crippen LogP contribution in [0.1, 0.15) is 18.0 Å². The van der Waals surface area contributed by atoms with Crippen molar-refractivity contribution in [2.24, 2.45) is 0 Å². The van der Waals surface area contributed by atoms with Gasteiger partial charge in [-0.3, -0.25) is 29.4 Å². The number of likely N-dealkylation sites (tertiary alicyclic amines) is 1. The Kier molecular flexibility index (Phi) is 7.20. The van der Waals surface area contributed by atoms with Gasteiger partial charge in [-0.2, -0.15) is 5.26 Å². The van der Waals surface area contributed by atoms with Crippen LogP contribution in [0.4, 0.5) is 30.8 Å². The number of nitrogens with zero attached hydrogens (tertiary/aromatic N) is 5. The van der Waals surface area contributed by atoms with Crippen LogP contribution in [0.2, 0.25) is 0 Å². The van der Waals surface area contributed by atoms with Gasteiger partial charge in [0, 0.05) is 43.4 Å². The number of aromatic nitrogens is 2. The number of hydrogen-bond acceptors (Lipinski definition) is 7. The molecule has 3 unspecified atom stereocenters. The Morgan fingerprint density at radius 3 is 2.25 bits per heavy atom. The van der Waals surface area contributed by atoms with Crippen molar-refractivity contribution in [1.82, 2.24) is 14.9 Å².